The molecule has 134 valence electrons. The maximum Gasteiger partial charge on any atom is 0.295 e. The first-order valence-corrected chi connectivity index (χ1v) is 8.37. The lowest BCUT2D eigenvalue weighted by Crippen LogP contribution is -2.32. The molecule has 0 radical (unpaired) electrons. The lowest BCUT2D eigenvalue weighted by Gasteiger charge is -2.11. The third-order valence-corrected chi connectivity index (χ3v) is 4.14. The lowest BCUT2D eigenvalue weighted by atomic mass is 10.2. The summed E-state index contributed by atoms with van der Waals surface area (Å²) in [6.45, 7) is 0.0713. The number of rotatable bonds is 5. The number of para-hydroxylation sites is 1. The molecule has 1 aromatic heterocycles. The Kier molecular flexibility index (Phi) is 5.55. The van der Waals surface area contributed by atoms with Crippen molar-refractivity contribution in [2.45, 2.75) is 6.61 Å². The van der Waals surface area contributed by atoms with Gasteiger partial charge in [-0.05, 0) is 30.3 Å². The van der Waals surface area contributed by atoms with Gasteiger partial charge in [-0.3, -0.25) is 9.59 Å². The van der Waals surface area contributed by atoms with Crippen molar-refractivity contribution in [3.05, 3.63) is 98.9 Å². The second kappa shape index (κ2) is 8.21. The summed E-state index contributed by atoms with van der Waals surface area (Å²) in [7, 11) is 0. The predicted octanol–water partition coefficient (Wildman–Crippen LogP) is 3.25. The van der Waals surface area contributed by atoms with Crippen LogP contribution >= 0.6 is 11.6 Å². The van der Waals surface area contributed by atoms with Gasteiger partial charge in [0, 0.05) is 16.8 Å². The Bertz CT molecular complexity index is 1090. The molecule has 2 aromatic carbocycles. The van der Waals surface area contributed by atoms with Crippen LogP contribution in [0.3, 0.4) is 0 Å². The zero-order valence-electron chi connectivity index (χ0n) is 14.1. The Balaban J connectivity index is 1.80. The van der Waals surface area contributed by atoms with Gasteiger partial charge in [-0.15, -0.1) is 0 Å². The van der Waals surface area contributed by atoms with E-state index in [1.807, 2.05) is 12.1 Å². The number of nitriles is 1. The van der Waals surface area contributed by atoms with Gasteiger partial charge in [0.1, 0.15) is 18.2 Å². The fraction of sp³-hybridized carbons (Fsp3) is 0.0500. The number of nitrogens with one attached hydrogen (secondary N) is 1. The molecule has 3 aromatic rings. The van der Waals surface area contributed by atoms with Crippen molar-refractivity contribution in [2.75, 3.05) is 5.32 Å². The van der Waals surface area contributed by atoms with E-state index in [4.69, 9.17) is 21.7 Å². The lowest BCUT2D eigenvalue weighted by molar-refractivity contribution is 0.0864. The zero-order valence-corrected chi connectivity index (χ0v) is 14.8. The van der Waals surface area contributed by atoms with Gasteiger partial charge in [0.25, 0.3) is 11.5 Å². The van der Waals surface area contributed by atoms with E-state index >= 15 is 0 Å². The molecule has 0 bridgehead atoms. The topological polar surface area (TPSA) is 84.1 Å². The number of amides is 1. The summed E-state index contributed by atoms with van der Waals surface area (Å²) in [5.74, 6) is -0.626. The molecule has 1 N–H and O–H groups in total. The van der Waals surface area contributed by atoms with Gasteiger partial charge < -0.3 is 10.2 Å². The standard InChI is InChI=1S/C20H14ClN3O3/c21-17-9-3-1-7-15(17)13-27-24-11-5-8-16(20(24)26)19(25)23-18-10-4-2-6-14(18)12-22/h1-11H,13H2,(H,23,25). The van der Waals surface area contributed by atoms with Gasteiger partial charge >= 0.3 is 0 Å². The minimum absolute atomic E-state index is 0.0713. The second-order valence-corrected chi connectivity index (χ2v) is 5.94. The summed E-state index contributed by atoms with van der Waals surface area (Å²) in [4.78, 5) is 30.5. The van der Waals surface area contributed by atoms with Crippen LogP contribution in [0.25, 0.3) is 0 Å². The monoisotopic (exact) mass is 379 g/mol. The zero-order chi connectivity index (χ0) is 19.2. The Labute approximate surface area is 160 Å². The van der Waals surface area contributed by atoms with E-state index in [1.165, 1.54) is 18.3 Å². The molecule has 0 spiro atoms. The molecule has 0 aliphatic heterocycles. The van der Waals surface area contributed by atoms with E-state index in [1.54, 1.807) is 42.5 Å². The molecule has 1 heterocycles. The Hall–Kier alpha value is -3.56. The molecule has 0 fully saturated rings. The highest BCUT2D eigenvalue weighted by atomic mass is 35.5. The largest absolute Gasteiger partial charge is 0.406 e. The molecule has 1 amide bonds. The normalized spacial score (nSPS) is 10.1. The van der Waals surface area contributed by atoms with E-state index in [0.717, 1.165) is 4.73 Å². The summed E-state index contributed by atoms with van der Waals surface area (Å²) < 4.78 is 0.981. The van der Waals surface area contributed by atoms with E-state index in [2.05, 4.69) is 5.32 Å². The number of benzene rings is 2. The number of halogens is 1. The molecular weight excluding hydrogens is 366 g/mol. The molecule has 0 saturated carbocycles. The van der Waals surface area contributed by atoms with E-state index in [0.29, 0.717) is 21.8 Å². The molecular formula is C20H14ClN3O3. The average molecular weight is 380 g/mol. The molecule has 0 unspecified atom stereocenters. The number of hydrogen-bond donors (Lipinski definition) is 1. The maximum absolute atomic E-state index is 12.5. The van der Waals surface area contributed by atoms with Gasteiger partial charge in [0.2, 0.25) is 0 Å². The van der Waals surface area contributed by atoms with Crippen LogP contribution in [-0.4, -0.2) is 10.6 Å². The Morgan fingerprint density at radius 2 is 1.85 bits per heavy atom. The van der Waals surface area contributed by atoms with Crippen molar-refractivity contribution < 1.29 is 9.63 Å². The summed E-state index contributed by atoms with van der Waals surface area (Å²) >= 11 is 6.07. The van der Waals surface area contributed by atoms with Crippen LogP contribution < -0.4 is 15.7 Å². The first kappa shape index (κ1) is 18.2. The Morgan fingerprint density at radius 1 is 1.11 bits per heavy atom. The second-order valence-electron chi connectivity index (χ2n) is 5.53. The molecule has 27 heavy (non-hydrogen) atoms. The highest BCUT2D eigenvalue weighted by Crippen LogP contribution is 2.15. The van der Waals surface area contributed by atoms with Gasteiger partial charge in [0.15, 0.2) is 0 Å². The van der Waals surface area contributed by atoms with Crippen molar-refractivity contribution in [3.8, 4) is 6.07 Å². The van der Waals surface area contributed by atoms with Gasteiger partial charge in [0.05, 0.1) is 11.3 Å². The number of aromatic nitrogens is 1. The minimum Gasteiger partial charge on any atom is -0.406 e. The first-order valence-electron chi connectivity index (χ1n) is 7.99. The quantitative estimate of drug-likeness (QED) is 0.737. The summed E-state index contributed by atoms with van der Waals surface area (Å²) in [5, 5.41) is 12.2. The van der Waals surface area contributed by atoms with Crippen LogP contribution in [0.2, 0.25) is 5.02 Å². The summed E-state index contributed by atoms with van der Waals surface area (Å²) in [6, 6.07) is 18.5. The van der Waals surface area contributed by atoms with Crippen molar-refractivity contribution in [1.82, 2.24) is 4.73 Å². The third-order valence-electron chi connectivity index (χ3n) is 3.77. The van der Waals surface area contributed by atoms with Crippen molar-refractivity contribution in [2.24, 2.45) is 0 Å². The fourth-order valence-electron chi connectivity index (χ4n) is 2.38. The number of carbonyl (C=O) groups is 1. The van der Waals surface area contributed by atoms with Gasteiger partial charge in [-0.2, -0.15) is 9.99 Å². The number of pyridine rings is 1. The third kappa shape index (κ3) is 4.17. The highest BCUT2D eigenvalue weighted by Gasteiger charge is 2.14. The molecule has 7 heteroatoms. The SMILES string of the molecule is N#Cc1ccccc1NC(=O)c1cccn(OCc2ccccc2Cl)c1=O. The first-order chi connectivity index (χ1) is 13.1. The smallest absolute Gasteiger partial charge is 0.295 e. The number of carbonyl (C=O) groups excluding carboxylic acids is 1. The minimum atomic E-state index is -0.626. The summed E-state index contributed by atoms with van der Waals surface area (Å²) in [6.07, 6.45) is 1.42. The summed E-state index contributed by atoms with van der Waals surface area (Å²) in [5.41, 5.74) is 0.624. The molecule has 0 aliphatic carbocycles. The Morgan fingerprint density at radius 3 is 2.63 bits per heavy atom. The number of nitrogens with zero attached hydrogens (tertiary/aromatic N) is 2. The van der Waals surface area contributed by atoms with Crippen LogP contribution in [0.5, 0.6) is 0 Å². The van der Waals surface area contributed by atoms with Crippen LogP contribution in [0.4, 0.5) is 5.69 Å². The fourth-order valence-corrected chi connectivity index (χ4v) is 2.57. The van der Waals surface area contributed by atoms with Crippen molar-refractivity contribution >= 4 is 23.2 Å². The number of hydrogen-bond acceptors (Lipinski definition) is 4. The van der Waals surface area contributed by atoms with E-state index < -0.39 is 11.5 Å². The van der Waals surface area contributed by atoms with Crippen LogP contribution in [-0.2, 0) is 6.61 Å². The molecule has 3 rings (SSSR count). The van der Waals surface area contributed by atoms with Crippen molar-refractivity contribution in [1.29, 1.82) is 5.26 Å². The maximum atomic E-state index is 12.5. The average Bonchev–Trinajstić information content (AvgIpc) is 2.68. The van der Waals surface area contributed by atoms with Crippen LogP contribution in [0.15, 0.2) is 71.7 Å². The molecule has 6 nitrogen and oxygen atoms in total. The van der Waals surface area contributed by atoms with E-state index in [-0.39, 0.29) is 12.2 Å². The molecule has 0 saturated heterocycles. The van der Waals surface area contributed by atoms with Crippen molar-refractivity contribution in [3.63, 3.8) is 0 Å². The highest BCUT2D eigenvalue weighted by molar-refractivity contribution is 6.31. The van der Waals surface area contributed by atoms with Crippen LogP contribution in [0.1, 0.15) is 21.5 Å². The molecule has 0 atom stereocenters. The van der Waals surface area contributed by atoms with Gasteiger partial charge in [-0.25, -0.2) is 0 Å². The molecule has 0 aliphatic rings. The predicted molar refractivity (Wildman–Crippen MR) is 102 cm³/mol. The van der Waals surface area contributed by atoms with E-state index in [9.17, 15) is 9.59 Å². The van der Waals surface area contributed by atoms with Crippen LogP contribution in [0, 0.1) is 11.3 Å². The van der Waals surface area contributed by atoms with Gasteiger partial charge in [-0.1, -0.05) is 41.9 Å². The number of anilines is 1.